The van der Waals surface area contributed by atoms with Crippen molar-refractivity contribution < 1.29 is 9.13 Å². The van der Waals surface area contributed by atoms with E-state index in [1.54, 1.807) is 6.08 Å². The lowest BCUT2D eigenvalue weighted by atomic mass is 9.78. The maximum Gasteiger partial charge on any atom is 0.119 e. The molecule has 1 aliphatic rings. The SMILES string of the molecule is CCCCCCOc1ccc(-c2ccc(C3CCC(/C=C/F)CC3)cc2)cc1. The average molecular weight is 381 g/mol. The first-order valence-corrected chi connectivity index (χ1v) is 10.9. The molecule has 0 radical (unpaired) electrons. The van der Waals surface area contributed by atoms with Gasteiger partial charge >= 0.3 is 0 Å². The lowest BCUT2D eigenvalue weighted by Gasteiger charge is -2.27. The van der Waals surface area contributed by atoms with E-state index in [-0.39, 0.29) is 0 Å². The number of halogens is 1. The third-order valence-corrected chi connectivity index (χ3v) is 5.95. The van der Waals surface area contributed by atoms with Gasteiger partial charge in [0.2, 0.25) is 0 Å². The van der Waals surface area contributed by atoms with Gasteiger partial charge in [0, 0.05) is 0 Å². The molecule has 1 saturated carbocycles. The third-order valence-electron chi connectivity index (χ3n) is 5.95. The largest absolute Gasteiger partial charge is 0.494 e. The van der Waals surface area contributed by atoms with Crippen LogP contribution >= 0.6 is 0 Å². The van der Waals surface area contributed by atoms with E-state index in [0.29, 0.717) is 18.2 Å². The number of hydrogen-bond donors (Lipinski definition) is 0. The maximum absolute atomic E-state index is 12.3. The summed E-state index contributed by atoms with van der Waals surface area (Å²) in [6.07, 6.45) is 11.8. The molecule has 1 aliphatic carbocycles. The first-order valence-electron chi connectivity index (χ1n) is 10.9. The minimum atomic E-state index is 0.424. The van der Waals surface area contributed by atoms with Gasteiger partial charge < -0.3 is 4.74 Å². The molecule has 1 nitrogen and oxygen atoms in total. The minimum absolute atomic E-state index is 0.424. The number of hydrogen-bond acceptors (Lipinski definition) is 1. The van der Waals surface area contributed by atoms with E-state index in [1.807, 2.05) is 0 Å². The molecule has 2 aromatic carbocycles. The number of allylic oxidation sites excluding steroid dienone is 1. The average Bonchev–Trinajstić information content (AvgIpc) is 2.75. The standard InChI is InChI=1S/C26H33FO/c1-2-3-4-5-20-28-26-16-14-25(15-17-26)24-12-10-23(11-13-24)22-8-6-21(7-9-22)18-19-27/h10-19,21-22H,2-9,20H2,1H3/b19-18+. The lowest BCUT2D eigenvalue weighted by molar-refractivity contribution is 0.305. The lowest BCUT2D eigenvalue weighted by Crippen LogP contribution is -2.11. The zero-order valence-corrected chi connectivity index (χ0v) is 17.1. The van der Waals surface area contributed by atoms with Gasteiger partial charge in [0.05, 0.1) is 12.9 Å². The van der Waals surface area contributed by atoms with Crippen molar-refractivity contribution in [3.05, 3.63) is 66.5 Å². The molecule has 1 fully saturated rings. The molecule has 3 rings (SSSR count). The summed E-state index contributed by atoms with van der Waals surface area (Å²) in [6.45, 7) is 3.03. The smallest absolute Gasteiger partial charge is 0.119 e. The molecule has 0 aliphatic heterocycles. The fourth-order valence-corrected chi connectivity index (χ4v) is 4.16. The number of benzene rings is 2. The summed E-state index contributed by atoms with van der Waals surface area (Å²) in [5.41, 5.74) is 3.88. The van der Waals surface area contributed by atoms with Gasteiger partial charge in [-0.1, -0.05) is 68.7 Å². The van der Waals surface area contributed by atoms with E-state index >= 15 is 0 Å². The van der Waals surface area contributed by atoms with Gasteiger partial charge in [-0.25, -0.2) is 4.39 Å². The predicted octanol–water partition coefficient (Wildman–Crippen LogP) is 8.07. The van der Waals surface area contributed by atoms with Crippen LogP contribution in [0.3, 0.4) is 0 Å². The molecule has 0 amide bonds. The number of ether oxygens (including phenoxy) is 1. The number of unbranched alkanes of at least 4 members (excludes halogenated alkanes) is 3. The highest BCUT2D eigenvalue weighted by Gasteiger charge is 2.20. The molecular formula is C26H33FO. The summed E-state index contributed by atoms with van der Waals surface area (Å²) in [5.74, 6) is 1.99. The van der Waals surface area contributed by atoms with Crippen molar-refractivity contribution in [3.8, 4) is 16.9 Å². The summed E-state index contributed by atoms with van der Waals surface area (Å²) in [6, 6.07) is 17.4. The van der Waals surface area contributed by atoms with Crippen LogP contribution in [0.4, 0.5) is 4.39 Å². The summed E-state index contributed by atoms with van der Waals surface area (Å²) < 4.78 is 18.2. The summed E-state index contributed by atoms with van der Waals surface area (Å²) >= 11 is 0. The fourth-order valence-electron chi connectivity index (χ4n) is 4.16. The van der Waals surface area contributed by atoms with Crippen molar-refractivity contribution in [2.24, 2.45) is 5.92 Å². The van der Waals surface area contributed by atoms with Crippen molar-refractivity contribution in [1.29, 1.82) is 0 Å². The number of rotatable bonds is 9. The van der Waals surface area contributed by atoms with Crippen LogP contribution in [-0.2, 0) is 0 Å². The Balaban J connectivity index is 1.52. The zero-order valence-electron chi connectivity index (χ0n) is 17.1. The maximum atomic E-state index is 12.3. The van der Waals surface area contributed by atoms with Crippen LogP contribution in [0.25, 0.3) is 11.1 Å². The second kappa shape index (κ2) is 11.0. The molecule has 0 atom stereocenters. The molecule has 28 heavy (non-hydrogen) atoms. The highest BCUT2D eigenvalue weighted by Crippen LogP contribution is 2.37. The van der Waals surface area contributed by atoms with Gasteiger partial charge in [-0.3, -0.25) is 0 Å². The molecule has 0 heterocycles. The topological polar surface area (TPSA) is 9.23 Å². The van der Waals surface area contributed by atoms with Crippen molar-refractivity contribution in [1.82, 2.24) is 0 Å². The Morgan fingerprint density at radius 3 is 2.11 bits per heavy atom. The van der Waals surface area contributed by atoms with Crippen LogP contribution in [0.2, 0.25) is 0 Å². The molecule has 0 aromatic heterocycles. The molecule has 0 spiro atoms. The molecule has 0 unspecified atom stereocenters. The van der Waals surface area contributed by atoms with Crippen molar-refractivity contribution in [2.45, 2.75) is 64.2 Å². The van der Waals surface area contributed by atoms with Gasteiger partial charge in [-0.2, -0.15) is 0 Å². The van der Waals surface area contributed by atoms with Crippen molar-refractivity contribution >= 4 is 0 Å². The van der Waals surface area contributed by atoms with Crippen LogP contribution in [-0.4, -0.2) is 6.61 Å². The summed E-state index contributed by atoms with van der Waals surface area (Å²) in [4.78, 5) is 0. The van der Waals surface area contributed by atoms with E-state index < -0.39 is 0 Å². The Labute approximate surface area is 169 Å². The van der Waals surface area contributed by atoms with Crippen LogP contribution in [0.1, 0.15) is 69.8 Å². The summed E-state index contributed by atoms with van der Waals surface area (Å²) in [7, 11) is 0. The highest BCUT2D eigenvalue weighted by molar-refractivity contribution is 5.64. The molecule has 150 valence electrons. The Morgan fingerprint density at radius 2 is 1.50 bits per heavy atom. The quantitative estimate of drug-likeness (QED) is 0.400. The second-order valence-corrected chi connectivity index (χ2v) is 7.99. The van der Waals surface area contributed by atoms with Crippen LogP contribution in [0, 0.1) is 5.92 Å². The summed E-state index contributed by atoms with van der Waals surface area (Å²) in [5, 5.41) is 0. The first kappa shape index (κ1) is 20.6. The molecule has 0 bridgehead atoms. The zero-order chi connectivity index (χ0) is 19.6. The molecule has 0 N–H and O–H groups in total. The molecule has 2 heteroatoms. The molecule has 2 aromatic rings. The van der Waals surface area contributed by atoms with Crippen LogP contribution in [0.5, 0.6) is 5.75 Å². The second-order valence-electron chi connectivity index (χ2n) is 7.99. The first-order chi connectivity index (χ1) is 13.8. The van der Waals surface area contributed by atoms with E-state index in [2.05, 4.69) is 55.5 Å². The van der Waals surface area contributed by atoms with Crippen LogP contribution in [0.15, 0.2) is 60.9 Å². The Morgan fingerprint density at radius 1 is 0.857 bits per heavy atom. The Kier molecular flexibility index (Phi) is 8.14. The van der Waals surface area contributed by atoms with E-state index in [0.717, 1.165) is 44.5 Å². The van der Waals surface area contributed by atoms with Gasteiger partial charge in [0.15, 0.2) is 0 Å². The van der Waals surface area contributed by atoms with Gasteiger partial charge in [0.25, 0.3) is 0 Å². The van der Waals surface area contributed by atoms with Crippen molar-refractivity contribution in [3.63, 3.8) is 0 Å². The minimum Gasteiger partial charge on any atom is -0.494 e. The molecular weight excluding hydrogens is 347 g/mol. The normalized spacial score (nSPS) is 19.8. The monoisotopic (exact) mass is 380 g/mol. The van der Waals surface area contributed by atoms with E-state index in [1.165, 1.54) is 36.0 Å². The van der Waals surface area contributed by atoms with Crippen molar-refractivity contribution in [2.75, 3.05) is 6.61 Å². The van der Waals surface area contributed by atoms with E-state index in [4.69, 9.17) is 4.74 Å². The fraction of sp³-hybridized carbons (Fsp3) is 0.462. The van der Waals surface area contributed by atoms with Crippen LogP contribution < -0.4 is 4.74 Å². The van der Waals surface area contributed by atoms with Gasteiger partial charge in [0.1, 0.15) is 5.75 Å². The van der Waals surface area contributed by atoms with E-state index in [9.17, 15) is 4.39 Å². The molecule has 0 saturated heterocycles. The highest BCUT2D eigenvalue weighted by atomic mass is 19.1. The Hall–Kier alpha value is -2.09. The predicted molar refractivity (Wildman–Crippen MR) is 116 cm³/mol. The Bertz CT molecular complexity index is 709. The van der Waals surface area contributed by atoms with Gasteiger partial charge in [-0.15, -0.1) is 0 Å². The van der Waals surface area contributed by atoms with Gasteiger partial charge in [-0.05, 0) is 72.8 Å². The third kappa shape index (κ3) is 5.95.